The number of benzene rings is 1. The second-order valence-electron chi connectivity index (χ2n) is 6.85. The maximum Gasteiger partial charge on any atom is 0.251 e. The van der Waals surface area contributed by atoms with E-state index in [9.17, 15) is 4.79 Å². The molecule has 0 saturated carbocycles. The fourth-order valence-electron chi connectivity index (χ4n) is 3.66. The van der Waals surface area contributed by atoms with E-state index in [1.807, 2.05) is 6.07 Å². The predicted molar refractivity (Wildman–Crippen MR) is 98.5 cm³/mol. The maximum absolute atomic E-state index is 12.6. The third-order valence-corrected chi connectivity index (χ3v) is 5.13. The summed E-state index contributed by atoms with van der Waals surface area (Å²) in [5.74, 6) is 0.730. The highest BCUT2D eigenvalue weighted by Crippen LogP contribution is 2.23. The first-order chi connectivity index (χ1) is 12.7. The van der Waals surface area contributed by atoms with Crippen molar-refractivity contribution in [3.05, 3.63) is 59.3 Å². The molecule has 1 unspecified atom stereocenters. The summed E-state index contributed by atoms with van der Waals surface area (Å²) in [5, 5.41) is 12.0. The van der Waals surface area contributed by atoms with Crippen molar-refractivity contribution >= 4 is 11.7 Å². The average Bonchev–Trinajstić information content (AvgIpc) is 3.15. The number of nitrogens with zero attached hydrogens (tertiary/aromatic N) is 4. The van der Waals surface area contributed by atoms with E-state index in [2.05, 4.69) is 45.7 Å². The summed E-state index contributed by atoms with van der Waals surface area (Å²) in [6.07, 6.45) is 5.62. The van der Waals surface area contributed by atoms with Crippen LogP contribution in [0.3, 0.4) is 0 Å². The number of anilines is 1. The van der Waals surface area contributed by atoms with Gasteiger partial charge in [-0.15, -0.1) is 0 Å². The largest absolute Gasteiger partial charge is 0.352 e. The molecule has 0 bridgehead atoms. The van der Waals surface area contributed by atoms with Crippen LogP contribution in [-0.2, 0) is 13.0 Å². The average molecular weight is 347 g/mol. The molecule has 1 amide bonds. The topological polar surface area (TPSA) is 72.3 Å². The number of nitriles is 1. The Bertz CT molecular complexity index is 859. The number of amides is 1. The van der Waals surface area contributed by atoms with Gasteiger partial charge >= 0.3 is 0 Å². The predicted octanol–water partition coefficient (Wildman–Crippen LogP) is 1.93. The first-order valence-corrected chi connectivity index (χ1v) is 8.96. The Morgan fingerprint density at radius 1 is 1.23 bits per heavy atom. The molecule has 1 fully saturated rings. The zero-order valence-electron chi connectivity index (χ0n) is 14.6. The molecule has 0 aliphatic carbocycles. The van der Waals surface area contributed by atoms with E-state index in [-0.39, 0.29) is 11.9 Å². The van der Waals surface area contributed by atoms with Crippen molar-refractivity contribution in [3.63, 3.8) is 0 Å². The molecule has 132 valence electrons. The molecule has 2 aromatic rings. The van der Waals surface area contributed by atoms with Gasteiger partial charge in [0.1, 0.15) is 5.82 Å². The van der Waals surface area contributed by atoms with E-state index >= 15 is 0 Å². The van der Waals surface area contributed by atoms with Gasteiger partial charge in [0.05, 0.1) is 0 Å². The van der Waals surface area contributed by atoms with Gasteiger partial charge in [0.2, 0.25) is 0 Å². The summed E-state index contributed by atoms with van der Waals surface area (Å²) in [6, 6.07) is 12.1. The van der Waals surface area contributed by atoms with Crippen molar-refractivity contribution in [3.8, 4) is 6.19 Å². The number of aromatic nitrogens is 1. The summed E-state index contributed by atoms with van der Waals surface area (Å²) >= 11 is 0. The summed E-state index contributed by atoms with van der Waals surface area (Å²) in [4.78, 5) is 20.9. The van der Waals surface area contributed by atoms with Crippen LogP contribution < -0.4 is 10.2 Å². The molecule has 2 aliphatic rings. The SMILES string of the molecule is N#CN1CCC(NC(=O)c2ccnc(N3CCc4ccccc4C3)c2)C1. The Balaban J connectivity index is 1.45. The van der Waals surface area contributed by atoms with Crippen LogP contribution in [0.1, 0.15) is 27.9 Å². The molecule has 2 aliphatic heterocycles. The van der Waals surface area contributed by atoms with Gasteiger partial charge < -0.3 is 15.1 Å². The van der Waals surface area contributed by atoms with Crippen molar-refractivity contribution in [1.82, 2.24) is 15.2 Å². The Morgan fingerprint density at radius 3 is 2.88 bits per heavy atom. The number of likely N-dealkylation sites (tertiary alicyclic amines) is 1. The molecule has 4 rings (SSSR count). The number of carbonyl (C=O) groups excluding carboxylic acids is 1. The van der Waals surface area contributed by atoms with Gasteiger partial charge in [0.15, 0.2) is 6.19 Å². The van der Waals surface area contributed by atoms with Gasteiger partial charge in [0, 0.05) is 44.0 Å². The molecular formula is C20H21N5O. The van der Waals surface area contributed by atoms with Crippen LogP contribution in [0.4, 0.5) is 5.82 Å². The highest BCUT2D eigenvalue weighted by atomic mass is 16.1. The van der Waals surface area contributed by atoms with Crippen molar-refractivity contribution in [1.29, 1.82) is 5.26 Å². The Hall–Kier alpha value is -3.07. The maximum atomic E-state index is 12.6. The van der Waals surface area contributed by atoms with Gasteiger partial charge in [-0.3, -0.25) is 4.79 Å². The van der Waals surface area contributed by atoms with Crippen LogP contribution in [0.15, 0.2) is 42.6 Å². The lowest BCUT2D eigenvalue weighted by atomic mass is 10.00. The fraction of sp³-hybridized carbons (Fsp3) is 0.350. The molecule has 26 heavy (non-hydrogen) atoms. The monoisotopic (exact) mass is 347 g/mol. The molecule has 0 radical (unpaired) electrons. The van der Waals surface area contributed by atoms with Gasteiger partial charge in [-0.05, 0) is 36.1 Å². The van der Waals surface area contributed by atoms with Gasteiger partial charge in [-0.25, -0.2) is 4.98 Å². The lowest BCUT2D eigenvalue weighted by Crippen LogP contribution is -2.36. The number of nitrogens with one attached hydrogen (secondary N) is 1. The lowest BCUT2D eigenvalue weighted by molar-refractivity contribution is 0.0938. The van der Waals surface area contributed by atoms with Crippen LogP contribution in [0.2, 0.25) is 0 Å². The molecule has 1 N–H and O–H groups in total. The van der Waals surface area contributed by atoms with E-state index in [1.165, 1.54) is 11.1 Å². The van der Waals surface area contributed by atoms with Gasteiger partial charge in [-0.2, -0.15) is 5.26 Å². The number of rotatable bonds is 3. The van der Waals surface area contributed by atoms with Gasteiger partial charge in [-0.1, -0.05) is 24.3 Å². The van der Waals surface area contributed by atoms with E-state index in [4.69, 9.17) is 5.26 Å². The molecule has 6 heteroatoms. The summed E-state index contributed by atoms with van der Waals surface area (Å²) in [7, 11) is 0. The van der Waals surface area contributed by atoms with Gasteiger partial charge in [0.25, 0.3) is 5.91 Å². The third kappa shape index (κ3) is 3.33. The zero-order valence-corrected chi connectivity index (χ0v) is 14.6. The molecule has 0 spiro atoms. The highest BCUT2D eigenvalue weighted by Gasteiger charge is 2.24. The van der Waals surface area contributed by atoms with Crippen LogP contribution in [0, 0.1) is 11.5 Å². The van der Waals surface area contributed by atoms with Crippen molar-refractivity contribution in [2.24, 2.45) is 0 Å². The van der Waals surface area contributed by atoms with Crippen molar-refractivity contribution in [2.75, 3.05) is 24.5 Å². The highest BCUT2D eigenvalue weighted by molar-refractivity contribution is 5.95. The molecule has 3 heterocycles. The first-order valence-electron chi connectivity index (χ1n) is 8.96. The quantitative estimate of drug-likeness (QED) is 0.859. The smallest absolute Gasteiger partial charge is 0.251 e. The standard InChI is InChI=1S/C20H21N5O/c21-14-24-9-7-18(13-24)23-20(26)16-5-8-22-19(11-16)25-10-6-15-3-1-2-4-17(15)12-25/h1-5,8,11,18H,6-7,9-10,12-13H2,(H,23,26). The summed E-state index contributed by atoms with van der Waals surface area (Å²) in [5.41, 5.74) is 3.32. The lowest BCUT2D eigenvalue weighted by Gasteiger charge is -2.30. The number of pyridine rings is 1. The van der Waals surface area contributed by atoms with Crippen LogP contribution in [0.5, 0.6) is 0 Å². The molecule has 6 nitrogen and oxygen atoms in total. The van der Waals surface area contributed by atoms with Crippen LogP contribution in [-0.4, -0.2) is 41.5 Å². The minimum absolute atomic E-state index is 0.0284. The van der Waals surface area contributed by atoms with E-state index in [0.29, 0.717) is 18.7 Å². The summed E-state index contributed by atoms with van der Waals surface area (Å²) in [6.45, 7) is 3.00. The van der Waals surface area contributed by atoms with E-state index in [1.54, 1.807) is 17.2 Å². The second kappa shape index (κ2) is 7.04. The minimum Gasteiger partial charge on any atom is -0.352 e. The Labute approximate surface area is 153 Å². The Morgan fingerprint density at radius 2 is 2.08 bits per heavy atom. The molecule has 1 aromatic carbocycles. The normalized spacial score (nSPS) is 19.0. The summed E-state index contributed by atoms with van der Waals surface area (Å²) < 4.78 is 0. The van der Waals surface area contributed by atoms with Crippen molar-refractivity contribution in [2.45, 2.75) is 25.4 Å². The number of hydrogen-bond acceptors (Lipinski definition) is 5. The molecule has 1 atom stereocenters. The van der Waals surface area contributed by atoms with Crippen molar-refractivity contribution < 1.29 is 4.79 Å². The fourth-order valence-corrected chi connectivity index (χ4v) is 3.66. The number of carbonyl (C=O) groups is 1. The molecule has 1 aromatic heterocycles. The molecular weight excluding hydrogens is 326 g/mol. The number of fused-ring (bicyclic) bond motifs is 1. The zero-order chi connectivity index (χ0) is 17.9. The first kappa shape index (κ1) is 16.4. The Kier molecular flexibility index (Phi) is 4.44. The van der Waals surface area contributed by atoms with Crippen LogP contribution >= 0.6 is 0 Å². The van der Waals surface area contributed by atoms with Crippen LogP contribution in [0.25, 0.3) is 0 Å². The van der Waals surface area contributed by atoms with E-state index in [0.717, 1.165) is 31.7 Å². The van der Waals surface area contributed by atoms with E-state index < -0.39 is 0 Å². The number of hydrogen-bond donors (Lipinski definition) is 1. The molecule has 1 saturated heterocycles. The third-order valence-electron chi connectivity index (χ3n) is 5.13. The second-order valence-corrected chi connectivity index (χ2v) is 6.85. The minimum atomic E-state index is -0.101.